The molecule has 0 spiro atoms. The SMILES string of the molecule is C=CCNC(=O)NC(=O)CN1CCC(C)C(O)C1. The standard InChI is InChI=1S/C12H21N3O3/c1-3-5-13-12(18)14-11(17)8-15-6-4-9(2)10(16)7-15/h3,9-10,16H,1,4-8H2,2H3,(H2,13,14,17,18). The van der Waals surface area contributed by atoms with Crippen LogP contribution in [0.25, 0.3) is 0 Å². The van der Waals surface area contributed by atoms with Crippen molar-refractivity contribution in [2.75, 3.05) is 26.2 Å². The molecule has 1 rings (SSSR count). The van der Waals surface area contributed by atoms with Gasteiger partial charge < -0.3 is 10.4 Å². The highest BCUT2D eigenvalue weighted by molar-refractivity contribution is 5.95. The number of nitrogens with zero attached hydrogens (tertiary/aromatic N) is 1. The maximum atomic E-state index is 11.6. The maximum Gasteiger partial charge on any atom is 0.321 e. The Labute approximate surface area is 107 Å². The lowest BCUT2D eigenvalue weighted by atomic mass is 9.96. The van der Waals surface area contributed by atoms with Crippen LogP contribution in [0, 0.1) is 5.92 Å². The van der Waals surface area contributed by atoms with Crippen LogP contribution in [0.5, 0.6) is 0 Å². The first kappa shape index (κ1) is 14.7. The summed E-state index contributed by atoms with van der Waals surface area (Å²) in [5.41, 5.74) is 0. The number of rotatable bonds is 4. The van der Waals surface area contributed by atoms with Gasteiger partial charge in [-0.05, 0) is 18.9 Å². The summed E-state index contributed by atoms with van der Waals surface area (Å²) in [7, 11) is 0. The summed E-state index contributed by atoms with van der Waals surface area (Å²) in [6, 6.07) is -0.522. The van der Waals surface area contributed by atoms with Crippen LogP contribution < -0.4 is 10.6 Å². The van der Waals surface area contributed by atoms with E-state index in [-0.39, 0.29) is 18.4 Å². The van der Waals surface area contributed by atoms with Crippen LogP contribution in [0.2, 0.25) is 0 Å². The molecule has 3 N–H and O–H groups in total. The van der Waals surface area contributed by atoms with E-state index in [1.54, 1.807) is 0 Å². The molecule has 1 fully saturated rings. The lowest BCUT2D eigenvalue weighted by Gasteiger charge is -2.33. The number of carbonyl (C=O) groups is 2. The number of amides is 3. The lowest BCUT2D eigenvalue weighted by molar-refractivity contribution is -0.122. The number of likely N-dealkylation sites (tertiary alicyclic amines) is 1. The molecule has 0 bridgehead atoms. The van der Waals surface area contributed by atoms with Gasteiger partial charge in [0, 0.05) is 13.1 Å². The minimum Gasteiger partial charge on any atom is -0.392 e. The van der Waals surface area contributed by atoms with Gasteiger partial charge in [-0.1, -0.05) is 13.0 Å². The molecule has 1 saturated heterocycles. The molecule has 3 amide bonds. The van der Waals surface area contributed by atoms with Gasteiger partial charge >= 0.3 is 6.03 Å². The second kappa shape index (κ2) is 7.13. The first-order valence-electron chi connectivity index (χ1n) is 6.12. The Morgan fingerprint density at radius 3 is 2.89 bits per heavy atom. The van der Waals surface area contributed by atoms with Crippen molar-refractivity contribution in [3.05, 3.63) is 12.7 Å². The van der Waals surface area contributed by atoms with E-state index in [4.69, 9.17) is 0 Å². The molecule has 0 saturated carbocycles. The van der Waals surface area contributed by atoms with Gasteiger partial charge in [0.1, 0.15) is 0 Å². The Bertz CT molecular complexity index is 320. The van der Waals surface area contributed by atoms with Crippen molar-refractivity contribution >= 4 is 11.9 Å². The van der Waals surface area contributed by atoms with Gasteiger partial charge in [-0.3, -0.25) is 15.0 Å². The molecule has 6 nitrogen and oxygen atoms in total. The predicted octanol–water partition coefficient (Wildman–Crippen LogP) is -0.299. The summed E-state index contributed by atoms with van der Waals surface area (Å²) in [5, 5.41) is 14.4. The van der Waals surface area contributed by atoms with Gasteiger partial charge in [0.25, 0.3) is 0 Å². The van der Waals surface area contributed by atoms with E-state index in [2.05, 4.69) is 17.2 Å². The number of hydrogen-bond acceptors (Lipinski definition) is 4. The van der Waals surface area contributed by atoms with Gasteiger partial charge in [-0.15, -0.1) is 6.58 Å². The molecule has 1 aliphatic heterocycles. The summed E-state index contributed by atoms with van der Waals surface area (Å²) < 4.78 is 0. The second-order valence-corrected chi connectivity index (χ2v) is 4.62. The minimum atomic E-state index is -0.522. The molecule has 0 aliphatic carbocycles. The number of imide groups is 1. The fourth-order valence-corrected chi connectivity index (χ4v) is 1.84. The number of aliphatic hydroxyl groups is 1. The molecular formula is C12H21N3O3. The number of piperidine rings is 1. The Balaban J connectivity index is 2.27. The lowest BCUT2D eigenvalue weighted by Crippen LogP contribution is -2.49. The van der Waals surface area contributed by atoms with Crippen LogP contribution in [0.4, 0.5) is 4.79 Å². The molecule has 18 heavy (non-hydrogen) atoms. The molecule has 0 aromatic heterocycles. The average Bonchev–Trinajstić information content (AvgIpc) is 2.31. The van der Waals surface area contributed by atoms with Crippen molar-refractivity contribution in [3.63, 3.8) is 0 Å². The zero-order valence-electron chi connectivity index (χ0n) is 10.7. The van der Waals surface area contributed by atoms with Crippen LogP contribution in [0.3, 0.4) is 0 Å². The number of carbonyl (C=O) groups excluding carboxylic acids is 2. The van der Waals surface area contributed by atoms with Crippen molar-refractivity contribution in [1.82, 2.24) is 15.5 Å². The molecular weight excluding hydrogens is 234 g/mol. The number of nitrogens with one attached hydrogen (secondary N) is 2. The van der Waals surface area contributed by atoms with Gasteiger partial charge in [-0.2, -0.15) is 0 Å². The van der Waals surface area contributed by atoms with E-state index in [1.165, 1.54) is 6.08 Å². The first-order chi connectivity index (χ1) is 8.52. The van der Waals surface area contributed by atoms with Crippen molar-refractivity contribution < 1.29 is 14.7 Å². The number of aliphatic hydroxyl groups excluding tert-OH is 1. The highest BCUT2D eigenvalue weighted by Gasteiger charge is 2.25. The molecule has 2 atom stereocenters. The van der Waals surface area contributed by atoms with Crippen LogP contribution >= 0.6 is 0 Å². The Morgan fingerprint density at radius 2 is 2.28 bits per heavy atom. The van der Waals surface area contributed by atoms with Crippen LogP contribution in [-0.4, -0.2) is 54.2 Å². The predicted molar refractivity (Wildman–Crippen MR) is 68.0 cm³/mol. The topological polar surface area (TPSA) is 81.7 Å². The molecule has 0 aromatic rings. The van der Waals surface area contributed by atoms with Gasteiger partial charge in [0.2, 0.25) is 5.91 Å². The highest BCUT2D eigenvalue weighted by Crippen LogP contribution is 2.16. The fourth-order valence-electron chi connectivity index (χ4n) is 1.84. The third-order valence-corrected chi connectivity index (χ3v) is 3.03. The minimum absolute atomic E-state index is 0.130. The van der Waals surface area contributed by atoms with Crippen LogP contribution in [0.1, 0.15) is 13.3 Å². The molecule has 6 heteroatoms. The van der Waals surface area contributed by atoms with Crippen LogP contribution in [0.15, 0.2) is 12.7 Å². The number of β-amino-alcohol motifs (C(OH)–C–C–N with tert-alkyl or cyclic N) is 1. The zero-order chi connectivity index (χ0) is 13.5. The quantitative estimate of drug-likeness (QED) is 0.602. The van der Waals surface area contributed by atoms with E-state index in [1.807, 2.05) is 11.8 Å². The molecule has 1 aliphatic rings. The Morgan fingerprint density at radius 1 is 1.56 bits per heavy atom. The maximum absolute atomic E-state index is 11.6. The van der Waals surface area contributed by atoms with E-state index >= 15 is 0 Å². The van der Waals surface area contributed by atoms with E-state index in [0.29, 0.717) is 13.1 Å². The Kier molecular flexibility index (Phi) is 5.80. The third-order valence-electron chi connectivity index (χ3n) is 3.03. The summed E-state index contributed by atoms with van der Waals surface area (Å²) in [4.78, 5) is 24.6. The highest BCUT2D eigenvalue weighted by atomic mass is 16.3. The Hall–Kier alpha value is -1.40. The normalized spacial score (nSPS) is 24.3. The molecule has 1 heterocycles. The van der Waals surface area contributed by atoms with Crippen LogP contribution in [-0.2, 0) is 4.79 Å². The fraction of sp³-hybridized carbons (Fsp3) is 0.667. The summed E-state index contributed by atoms with van der Waals surface area (Å²) in [6.45, 7) is 7.14. The molecule has 2 unspecified atom stereocenters. The second-order valence-electron chi connectivity index (χ2n) is 4.62. The number of hydrogen-bond donors (Lipinski definition) is 3. The molecule has 0 aromatic carbocycles. The molecule has 102 valence electrons. The largest absolute Gasteiger partial charge is 0.392 e. The molecule has 0 radical (unpaired) electrons. The van der Waals surface area contributed by atoms with Gasteiger partial charge in [-0.25, -0.2) is 4.79 Å². The van der Waals surface area contributed by atoms with E-state index in [0.717, 1.165) is 13.0 Å². The van der Waals surface area contributed by atoms with Gasteiger partial charge in [0.05, 0.1) is 12.6 Å². The first-order valence-corrected chi connectivity index (χ1v) is 6.12. The van der Waals surface area contributed by atoms with E-state index in [9.17, 15) is 14.7 Å². The van der Waals surface area contributed by atoms with Crippen molar-refractivity contribution in [1.29, 1.82) is 0 Å². The summed E-state index contributed by atoms with van der Waals surface area (Å²) in [6.07, 6.45) is 1.99. The summed E-state index contributed by atoms with van der Waals surface area (Å²) >= 11 is 0. The third kappa shape index (κ3) is 4.85. The van der Waals surface area contributed by atoms with E-state index < -0.39 is 12.1 Å². The van der Waals surface area contributed by atoms with Gasteiger partial charge in [0.15, 0.2) is 0 Å². The van der Waals surface area contributed by atoms with Crippen molar-refractivity contribution in [2.45, 2.75) is 19.4 Å². The van der Waals surface area contributed by atoms with Crippen molar-refractivity contribution in [2.24, 2.45) is 5.92 Å². The monoisotopic (exact) mass is 255 g/mol. The average molecular weight is 255 g/mol. The van der Waals surface area contributed by atoms with Crippen molar-refractivity contribution in [3.8, 4) is 0 Å². The smallest absolute Gasteiger partial charge is 0.321 e. The number of urea groups is 1. The summed E-state index contributed by atoms with van der Waals surface area (Å²) in [5.74, 6) is -0.0986. The zero-order valence-corrected chi connectivity index (χ0v) is 10.7.